The molecular weight excluding hydrogens is 241 g/mol. The highest BCUT2D eigenvalue weighted by molar-refractivity contribution is 5.27. The van der Waals surface area contributed by atoms with Gasteiger partial charge in [-0.25, -0.2) is 13.2 Å². The molecule has 2 rings (SSSR count). The van der Waals surface area contributed by atoms with E-state index < -0.39 is 12.5 Å². The molecule has 1 saturated heterocycles. The molecular formula is C13H17F3N2. The third kappa shape index (κ3) is 2.84. The predicted molar refractivity (Wildman–Crippen MR) is 64.3 cm³/mol. The molecule has 2 nitrogen and oxygen atoms in total. The Kier molecular flexibility index (Phi) is 4.24. The summed E-state index contributed by atoms with van der Waals surface area (Å²) in [7, 11) is 0. The second kappa shape index (κ2) is 5.71. The number of nitrogens with zero attached hydrogens (tertiary/aromatic N) is 1. The summed E-state index contributed by atoms with van der Waals surface area (Å²) in [6.45, 7) is 4.20. The van der Waals surface area contributed by atoms with Gasteiger partial charge in [0, 0.05) is 26.2 Å². The van der Waals surface area contributed by atoms with Crippen molar-refractivity contribution in [3.05, 3.63) is 35.1 Å². The van der Waals surface area contributed by atoms with Gasteiger partial charge in [-0.05, 0) is 24.1 Å². The fraction of sp³-hybridized carbons (Fsp3) is 0.538. The molecule has 0 bridgehead atoms. The minimum Gasteiger partial charge on any atom is -0.314 e. The number of aryl methyl sites for hydroxylation is 1. The molecule has 0 aliphatic carbocycles. The van der Waals surface area contributed by atoms with E-state index in [1.807, 2.05) is 0 Å². The molecule has 100 valence electrons. The Labute approximate surface area is 105 Å². The number of piperazine rings is 1. The van der Waals surface area contributed by atoms with E-state index in [4.69, 9.17) is 0 Å². The Morgan fingerprint density at radius 2 is 1.89 bits per heavy atom. The summed E-state index contributed by atoms with van der Waals surface area (Å²) in [6, 6.07) is 3.31. The van der Waals surface area contributed by atoms with E-state index in [1.165, 1.54) is 18.2 Å². The summed E-state index contributed by atoms with van der Waals surface area (Å²) in [4.78, 5) is 1.76. The van der Waals surface area contributed by atoms with Crippen LogP contribution in [0.1, 0.15) is 17.2 Å². The fourth-order valence-electron chi connectivity index (χ4n) is 2.33. The second-order valence-electron chi connectivity index (χ2n) is 4.57. The number of halogens is 3. The van der Waals surface area contributed by atoms with Gasteiger partial charge in [-0.3, -0.25) is 4.90 Å². The zero-order chi connectivity index (χ0) is 13.1. The minimum absolute atomic E-state index is 0.355. The van der Waals surface area contributed by atoms with Crippen molar-refractivity contribution in [3.63, 3.8) is 0 Å². The molecule has 18 heavy (non-hydrogen) atoms. The second-order valence-corrected chi connectivity index (χ2v) is 4.57. The van der Waals surface area contributed by atoms with Crippen LogP contribution in [0.15, 0.2) is 18.2 Å². The normalized spacial score (nSPS) is 19.2. The van der Waals surface area contributed by atoms with Crippen LogP contribution in [-0.2, 0) is 0 Å². The average molecular weight is 258 g/mol. The van der Waals surface area contributed by atoms with Gasteiger partial charge in [0.2, 0.25) is 0 Å². The van der Waals surface area contributed by atoms with E-state index in [1.54, 1.807) is 11.8 Å². The van der Waals surface area contributed by atoms with Crippen LogP contribution in [0.3, 0.4) is 0 Å². The molecule has 0 spiro atoms. The molecule has 1 aromatic rings. The van der Waals surface area contributed by atoms with Gasteiger partial charge in [0.1, 0.15) is 5.82 Å². The van der Waals surface area contributed by atoms with Gasteiger partial charge in [-0.2, -0.15) is 0 Å². The van der Waals surface area contributed by atoms with Crippen molar-refractivity contribution >= 4 is 0 Å². The number of alkyl halides is 2. The van der Waals surface area contributed by atoms with Gasteiger partial charge in [-0.15, -0.1) is 0 Å². The minimum atomic E-state index is -2.46. The molecule has 0 radical (unpaired) electrons. The lowest BCUT2D eigenvalue weighted by molar-refractivity contribution is 0.0181. The fourth-order valence-corrected chi connectivity index (χ4v) is 2.33. The van der Waals surface area contributed by atoms with Gasteiger partial charge < -0.3 is 5.32 Å². The first-order valence-electron chi connectivity index (χ1n) is 6.08. The molecule has 1 aromatic carbocycles. The maximum atomic E-state index is 13.2. The maximum Gasteiger partial charge on any atom is 0.258 e. The molecule has 1 atom stereocenters. The van der Waals surface area contributed by atoms with Gasteiger partial charge >= 0.3 is 0 Å². The molecule has 0 amide bonds. The smallest absolute Gasteiger partial charge is 0.258 e. The quantitative estimate of drug-likeness (QED) is 0.895. The van der Waals surface area contributed by atoms with Crippen LogP contribution in [0.5, 0.6) is 0 Å². The van der Waals surface area contributed by atoms with E-state index >= 15 is 0 Å². The van der Waals surface area contributed by atoms with E-state index in [0.29, 0.717) is 37.3 Å². The van der Waals surface area contributed by atoms with Crippen molar-refractivity contribution in [1.29, 1.82) is 0 Å². The first-order chi connectivity index (χ1) is 8.59. The number of hydrogen-bond donors (Lipinski definition) is 1. The number of hydrogen-bond acceptors (Lipinski definition) is 2. The van der Waals surface area contributed by atoms with E-state index in [0.717, 1.165) is 0 Å². The highest BCUT2D eigenvalue weighted by atomic mass is 19.3. The molecule has 1 aliphatic rings. The van der Waals surface area contributed by atoms with Crippen LogP contribution in [0.4, 0.5) is 13.2 Å². The lowest BCUT2D eigenvalue weighted by atomic mass is 10.0. The van der Waals surface area contributed by atoms with Crippen LogP contribution >= 0.6 is 0 Å². The number of benzene rings is 1. The zero-order valence-corrected chi connectivity index (χ0v) is 10.3. The lowest BCUT2D eigenvalue weighted by Gasteiger charge is -2.34. The molecule has 1 N–H and O–H groups in total. The van der Waals surface area contributed by atoms with Gasteiger partial charge in [0.05, 0.1) is 6.04 Å². The van der Waals surface area contributed by atoms with Crippen LogP contribution in [0.2, 0.25) is 0 Å². The van der Waals surface area contributed by atoms with Crippen molar-refractivity contribution in [2.75, 3.05) is 26.2 Å². The van der Waals surface area contributed by atoms with Crippen molar-refractivity contribution in [2.24, 2.45) is 0 Å². The van der Waals surface area contributed by atoms with Gasteiger partial charge in [-0.1, -0.05) is 12.1 Å². The Morgan fingerprint density at radius 1 is 1.22 bits per heavy atom. The molecule has 5 heteroatoms. The lowest BCUT2D eigenvalue weighted by Crippen LogP contribution is -2.46. The van der Waals surface area contributed by atoms with Crippen molar-refractivity contribution in [3.8, 4) is 0 Å². The van der Waals surface area contributed by atoms with E-state index in [9.17, 15) is 13.2 Å². The summed E-state index contributed by atoms with van der Waals surface area (Å²) in [6.07, 6.45) is -2.46. The van der Waals surface area contributed by atoms with Gasteiger partial charge in [0.15, 0.2) is 0 Å². The Bertz CT molecular complexity index is 403. The first kappa shape index (κ1) is 13.4. The topological polar surface area (TPSA) is 15.3 Å². The summed E-state index contributed by atoms with van der Waals surface area (Å²) < 4.78 is 39.7. The molecule has 1 heterocycles. The Morgan fingerprint density at radius 3 is 2.44 bits per heavy atom. The summed E-state index contributed by atoms with van der Waals surface area (Å²) in [5.41, 5.74) is 0.902. The average Bonchev–Trinajstić information content (AvgIpc) is 2.35. The third-order valence-electron chi connectivity index (χ3n) is 3.31. The van der Waals surface area contributed by atoms with E-state index in [-0.39, 0.29) is 5.82 Å². The van der Waals surface area contributed by atoms with Gasteiger partial charge in [0.25, 0.3) is 6.43 Å². The largest absolute Gasteiger partial charge is 0.314 e. The molecule has 0 unspecified atom stereocenters. The standard InChI is InChI=1S/C13H17F3N2/c1-9-8-10(2-3-11(9)14)12(13(15)16)18-6-4-17-5-7-18/h2-3,8,12-13,17H,4-7H2,1H3/t12-/m1/s1. The summed E-state index contributed by atoms with van der Waals surface area (Å²) >= 11 is 0. The molecule has 0 saturated carbocycles. The number of rotatable bonds is 3. The highest BCUT2D eigenvalue weighted by Crippen LogP contribution is 2.28. The van der Waals surface area contributed by atoms with Crippen LogP contribution in [0.25, 0.3) is 0 Å². The zero-order valence-electron chi connectivity index (χ0n) is 10.3. The highest BCUT2D eigenvalue weighted by Gasteiger charge is 2.30. The van der Waals surface area contributed by atoms with Crippen LogP contribution in [-0.4, -0.2) is 37.5 Å². The van der Waals surface area contributed by atoms with Crippen molar-refractivity contribution in [2.45, 2.75) is 19.4 Å². The monoisotopic (exact) mass is 258 g/mol. The Hall–Kier alpha value is -1.07. The van der Waals surface area contributed by atoms with Crippen LogP contribution < -0.4 is 5.32 Å². The molecule has 1 aliphatic heterocycles. The first-order valence-corrected chi connectivity index (χ1v) is 6.08. The predicted octanol–water partition coefficient (Wildman–Crippen LogP) is 2.35. The van der Waals surface area contributed by atoms with Crippen LogP contribution in [0, 0.1) is 12.7 Å². The van der Waals surface area contributed by atoms with Crippen molar-refractivity contribution in [1.82, 2.24) is 10.2 Å². The van der Waals surface area contributed by atoms with E-state index in [2.05, 4.69) is 5.32 Å². The molecule has 0 aromatic heterocycles. The SMILES string of the molecule is Cc1cc([C@H](C(F)F)N2CCNCC2)ccc1F. The maximum absolute atomic E-state index is 13.2. The van der Waals surface area contributed by atoms with Crippen molar-refractivity contribution < 1.29 is 13.2 Å². The summed E-state index contributed by atoms with van der Waals surface area (Å²) in [5, 5.41) is 3.13. The number of nitrogens with one attached hydrogen (secondary N) is 1. The third-order valence-corrected chi connectivity index (χ3v) is 3.31. The molecule has 1 fully saturated rings. The Balaban J connectivity index is 2.25. The summed E-state index contributed by atoms with van der Waals surface area (Å²) in [5.74, 6) is -0.355.